The second kappa shape index (κ2) is 10.1. The molecule has 3 aromatic rings. The number of carbonyl (C=O) groups excluding carboxylic acids is 1. The van der Waals surface area contributed by atoms with Gasteiger partial charge in [0.25, 0.3) is 5.91 Å². The van der Waals surface area contributed by atoms with E-state index in [1.54, 1.807) is 6.20 Å². The molecule has 1 saturated heterocycles. The van der Waals surface area contributed by atoms with Crippen LogP contribution in [0, 0.1) is 0 Å². The monoisotopic (exact) mass is 424 g/mol. The van der Waals surface area contributed by atoms with Gasteiger partial charge < -0.3 is 25.0 Å². The van der Waals surface area contributed by atoms with E-state index in [0.29, 0.717) is 23.2 Å². The number of carbonyl (C=O) groups is 1. The van der Waals surface area contributed by atoms with Gasteiger partial charge in [-0.2, -0.15) is 0 Å². The minimum absolute atomic E-state index is 0.153. The van der Waals surface area contributed by atoms with Gasteiger partial charge in [-0.15, -0.1) is 0 Å². The Hall–Kier alpha value is -3.10. The van der Waals surface area contributed by atoms with E-state index in [0.717, 1.165) is 37.7 Å². The van der Waals surface area contributed by atoms with Crippen LogP contribution in [0.3, 0.4) is 0 Å². The van der Waals surface area contributed by atoms with Gasteiger partial charge in [0.2, 0.25) is 0 Å². The van der Waals surface area contributed by atoms with Crippen molar-refractivity contribution in [3.8, 4) is 5.75 Å². The first-order chi connectivity index (χ1) is 14.8. The van der Waals surface area contributed by atoms with Crippen molar-refractivity contribution in [2.24, 2.45) is 0 Å². The summed E-state index contributed by atoms with van der Waals surface area (Å²) < 4.78 is 11.0. The molecule has 1 aliphatic heterocycles. The number of aromatic nitrogens is 1. The minimum Gasteiger partial charge on any atom is -0.492 e. The van der Waals surface area contributed by atoms with Crippen LogP contribution in [0.4, 0.5) is 16.5 Å². The lowest BCUT2D eigenvalue weighted by atomic mass is 10.2. The summed E-state index contributed by atoms with van der Waals surface area (Å²) in [5.41, 5.74) is 2.12. The lowest BCUT2D eigenvalue weighted by molar-refractivity contribution is 0.0951. The summed E-state index contributed by atoms with van der Waals surface area (Å²) in [6, 6.07) is 17.7. The molecule has 2 aromatic carbocycles. The highest BCUT2D eigenvalue weighted by atomic mass is 32.1. The topological polar surface area (TPSA) is 75.7 Å². The Kier molecular flexibility index (Phi) is 6.79. The zero-order chi connectivity index (χ0) is 20.6. The molecule has 0 unspecified atom stereocenters. The molecule has 0 radical (unpaired) electrons. The van der Waals surface area contributed by atoms with Crippen molar-refractivity contribution in [2.75, 3.05) is 49.7 Å². The number of benzene rings is 2. The molecule has 8 heteroatoms. The molecule has 1 fully saturated rings. The van der Waals surface area contributed by atoms with Crippen LogP contribution in [0.2, 0.25) is 0 Å². The molecule has 1 amide bonds. The van der Waals surface area contributed by atoms with Gasteiger partial charge in [0.15, 0.2) is 5.13 Å². The fourth-order valence-electron chi connectivity index (χ4n) is 3.07. The maximum atomic E-state index is 12.3. The summed E-state index contributed by atoms with van der Waals surface area (Å²) in [5, 5.41) is 6.79. The van der Waals surface area contributed by atoms with Crippen LogP contribution in [0.1, 0.15) is 9.67 Å². The van der Waals surface area contributed by atoms with Gasteiger partial charge in [-0.1, -0.05) is 29.5 Å². The molecule has 1 aliphatic rings. The minimum atomic E-state index is -0.153. The van der Waals surface area contributed by atoms with E-state index in [-0.39, 0.29) is 5.91 Å². The second-order valence-corrected chi connectivity index (χ2v) is 7.75. The van der Waals surface area contributed by atoms with Crippen LogP contribution in [0.15, 0.2) is 60.8 Å². The van der Waals surface area contributed by atoms with Crippen molar-refractivity contribution in [1.29, 1.82) is 0 Å². The molecule has 7 nitrogen and oxygen atoms in total. The SMILES string of the molecule is O=C(NCCOc1ccccc1)c1cnc(Nc2ccc(N3CCOCC3)cc2)s1. The van der Waals surface area contributed by atoms with E-state index in [4.69, 9.17) is 9.47 Å². The number of rotatable bonds is 8. The molecule has 30 heavy (non-hydrogen) atoms. The van der Waals surface area contributed by atoms with Crippen LogP contribution in [-0.4, -0.2) is 50.3 Å². The lowest BCUT2D eigenvalue weighted by Gasteiger charge is -2.28. The summed E-state index contributed by atoms with van der Waals surface area (Å²) in [5.74, 6) is 0.635. The van der Waals surface area contributed by atoms with Crippen LogP contribution >= 0.6 is 11.3 Å². The third-order valence-electron chi connectivity index (χ3n) is 4.62. The average Bonchev–Trinajstić information content (AvgIpc) is 3.27. The van der Waals surface area contributed by atoms with Crippen molar-refractivity contribution < 1.29 is 14.3 Å². The first kappa shape index (κ1) is 20.2. The van der Waals surface area contributed by atoms with Crippen LogP contribution < -0.4 is 20.3 Å². The Morgan fingerprint density at radius 3 is 2.63 bits per heavy atom. The van der Waals surface area contributed by atoms with Gasteiger partial charge in [0.05, 0.1) is 26.0 Å². The molecule has 0 spiro atoms. The van der Waals surface area contributed by atoms with Crippen LogP contribution in [0.5, 0.6) is 5.75 Å². The maximum Gasteiger partial charge on any atom is 0.263 e. The molecule has 4 rings (SSSR count). The van der Waals surface area contributed by atoms with Crippen LogP contribution in [0.25, 0.3) is 0 Å². The molecule has 2 heterocycles. The van der Waals surface area contributed by atoms with Gasteiger partial charge in [-0.05, 0) is 36.4 Å². The first-order valence-corrected chi connectivity index (χ1v) is 10.7. The largest absolute Gasteiger partial charge is 0.492 e. The van der Waals surface area contributed by atoms with Crippen molar-refractivity contribution >= 4 is 33.8 Å². The smallest absolute Gasteiger partial charge is 0.263 e. The highest BCUT2D eigenvalue weighted by molar-refractivity contribution is 7.17. The van der Waals surface area contributed by atoms with Gasteiger partial charge in [0.1, 0.15) is 17.2 Å². The normalized spacial score (nSPS) is 13.7. The van der Waals surface area contributed by atoms with E-state index < -0.39 is 0 Å². The third-order valence-corrected chi connectivity index (χ3v) is 5.54. The zero-order valence-electron chi connectivity index (χ0n) is 16.5. The van der Waals surface area contributed by atoms with Crippen LogP contribution in [-0.2, 0) is 4.74 Å². The standard InChI is InChI=1S/C22H24N4O3S/c27-21(23-10-13-29-19-4-2-1-3-5-19)20-16-24-22(30-20)25-17-6-8-18(9-7-17)26-11-14-28-15-12-26/h1-9,16H,10-15H2,(H,23,27)(H,24,25). The van der Waals surface area contributed by atoms with E-state index in [1.165, 1.54) is 17.0 Å². The number of hydrogen-bond donors (Lipinski definition) is 2. The number of morpholine rings is 1. The molecule has 1 aromatic heterocycles. The van der Waals surface area contributed by atoms with Crippen molar-refractivity contribution in [3.05, 3.63) is 65.7 Å². The molecule has 0 aliphatic carbocycles. The quantitative estimate of drug-likeness (QED) is 0.539. The predicted molar refractivity (Wildman–Crippen MR) is 119 cm³/mol. The number of thiazole rings is 1. The van der Waals surface area contributed by atoms with E-state index in [1.807, 2.05) is 42.5 Å². The highest BCUT2D eigenvalue weighted by Crippen LogP contribution is 2.25. The van der Waals surface area contributed by atoms with Gasteiger partial charge >= 0.3 is 0 Å². The maximum absolute atomic E-state index is 12.3. The number of para-hydroxylation sites is 1. The number of anilines is 3. The van der Waals surface area contributed by atoms with Crippen molar-refractivity contribution in [2.45, 2.75) is 0 Å². The summed E-state index contributed by atoms with van der Waals surface area (Å²) in [4.78, 5) is 19.5. The molecule has 2 N–H and O–H groups in total. The number of hydrogen-bond acceptors (Lipinski definition) is 7. The highest BCUT2D eigenvalue weighted by Gasteiger charge is 2.12. The van der Waals surface area contributed by atoms with Gasteiger partial charge in [0, 0.05) is 24.5 Å². The lowest BCUT2D eigenvalue weighted by Crippen LogP contribution is -2.36. The number of ether oxygens (including phenoxy) is 2. The van der Waals surface area contributed by atoms with Gasteiger partial charge in [-0.3, -0.25) is 4.79 Å². The predicted octanol–water partition coefficient (Wildman–Crippen LogP) is 3.53. The summed E-state index contributed by atoms with van der Waals surface area (Å²) >= 11 is 1.32. The fraction of sp³-hybridized carbons (Fsp3) is 0.273. The Bertz CT molecular complexity index is 941. The first-order valence-electron chi connectivity index (χ1n) is 9.89. The van der Waals surface area contributed by atoms with E-state index in [2.05, 4.69) is 32.7 Å². The second-order valence-electron chi connectivity index (χ2n) is 6.72. The number of amides is 1. The van der Waals surface area contributed by atoms with Crippen molar-refractivity contribution in [3.63, 3.8) is 0 Å². The molecule has 0 saturated carbocycles. The third kappa shape index (κ3) is 5.49. The number of nitrogens with zero attached hydrogens (tertiary/aromatic N) is 2. The molecular weight excluding hydrogens is 400 g/mol. The molecule has 156 valence electrons. The Balaban J connectivity index is 1.24. The summed E-state index contributed by atoms with van der Waals surface area (Å²) in [6.45, 7) is 4.19. The van der Waals surface area contributed by atoms with Gasteiger partial charge in [-0.25, -0.2) is 4.98 Å². The average molecular weight is 425 g/mol. The Morgan fingerprint density at radius 2 is 1.87 bits per heavy atom. The van der Waals surface area contributed by atoms with E-state index in [9.17, 15) is 4.79 Å². The number of nitrogens with one attached hydrogen (secondary N) is 2. The molecular formula is C22H24N4O3S. The fourth-order valence-corrected chi connectivity index (χ4v) is 3.83. The Labute approximate surface area is 179 Å². The summed E-state index contributed by atoms with van der Waals surface area (Å²) in [6.07, 6.45) is 1.59. The zero-order valence-corrected chi connectivity index (χ0v) is 17.4. The van der Waals surface area contributed by atoms with Crippen molar-refractivity contribution in [1.82, 2.24) is 10.3 Å². The Morgan fingerprint density at radius 1 is 1.10 bits per heavy atom. The van der Waals surface area contributed by atoms with E-state index >= 15 is 0 Å². The molecule has 0 atom stereocenters. The summed E-state index contributed by atoms with van der Waals surface area (Å²) in [7, 11) is 0. The molecule has 0 bridgehead atoms.